The Morgan fingerprint density at radius 2 is 1.75 bits per heavy atom. The van der Waals surface area contributed by atoms with Crippen molar-refractivity contribution in [1.29, 1.82) is 0 Å². The number of sulfonamides is 1. The van der Waals surface area contributed by atoms with Gasteiger partial charge < -0.3 is 4.90 Å². The highest BCUT2D eigenvalue weighted by molar-refractivity contribution is 7.89. The minimum atomic E-state index is -3.58. The highest BCUT2D eigenvalue weighted by atomic mass is 35.5. The van der Waals surface area contributed by atoms with Gasteiger partial charge in [0.2, 0.25) is 15.9 Å². The van der Waals surface area contributed by atoms with Gasteiger partial charge in [0.25, 0.3) is 0 Å². The largest absolute Gasteiger partial charge is 0.341 e. The monoisotopic (exact) mass is 370 g/mol. The van der Waals surface area contributed by atoms with Crippen LogP contribution in [0, 0.1) is 5.92 Å². The van der Waals surface area contributed by atoms with Crippen LogP contribution < -0.4 is 4.72 Å². The van der Waals surface area contributed by atoms with Crippen LogP contribution in [0.1, 0.15) is 38.5 Å². The number of hydrogen-bond acceptors (Lipinski definition) is 3. The molecule has 7 heteroatoms. The van der Waals surface area contributed by atoms with Gasteiger partial charge in [0.05, 0.1) is 4.90 Å². The Balaban J connectivity index is 1.59. The number of nitrogens with zero attached hydrogens (tertiary/aromatic N) is 1. The fourth-order valence-electron chi connectivity index (χ4n) is 3.57. The maximum atomic E-state index is 12.6. The molecule has 1 amide bonds. The molecule has 0 spiro atoms. The summed E-state index contributed by atoms with van der Waals surface area (Å²) in [7, 11) is -3.58. The lowest BCUT2D eigenvalue weighted by molar-refractivity contribution is -0.135. The van der Waals surface area contributed by atoms with Crippen LogP contribution in [0.25, 0.3) is 0 Å². The van der Waals surface area contributed by atoms with E-state index in [1.54, 1.807) is 12.1 Å². The van der Waals surface area contributed by atoms with Crippen molar-refractivity contribution in [3.63, 3.8) is 0 Å². The average molecular weight is 371 g/mol. The standard InChI is InChI=1S/C17H23ClN2O3S/c18-14-6-8-16(9-7-14)24(22,23)19-15-10-11-20(12-15)17(21)13-4-2-1-3-5-13/h6-9,13,15,19H,1-5,10-12H2. The molecule has 1 saturated heterocycles. The molecular formula is C17H23ClN2O3S. The Hall–Kier alpha value is -1.11. The van der Waals surface area contributed by atoms with Gasteiger partial charge >= 0.3 is 0 Å². The van der Waals surface area contributed by atoms with Gasteiger partial charge in [0, 0.05) is 30.1 Å². The van der Waals surface area contributed by atoms with Crippen LogP contribution in [0.3, 0.4) is 0 Å². The van der Waals surface area contributed by atoms with Gasteiger partial charge in [-0.3, -0.25) is 4.79 Å². The summed E-state index contributed by atoms with van der Waals surface area (Å²) in [6.45, 7) is 1.09. The normalized spacial score (nSPS) is 22.7. The third-order valence-electron chi connectivity index (χ3n) is 4.90. The fraction of sp³-hybridized carbons (Fsp3) is 0.588. The van der Waals surface area contributed by atoms with Gasteiger partial charge in [-0.1, -0.05) is 30.9 Å². The number of rotatable bonds is 4. The lowest BCUT2D eigenvalue weighted by Gasteiger charge is -2.26. The van der Waals surface area contributed by atoms with E-state index in [1.165, 1.54) is 18.6 Å². The van der Waals surface area contributed by atoms with Gasteiger partial charge in [0.15, 0.2) is 0 Å². The van der Waals surface area contributed by atoms with Crippen molar-refractivity contribution >= 4 is 27.5 Å². The first-order valence-corrected chi connectivity index (χ1v) is 10.4. The molecule has 3 rings (SSSR count). The molecule has 2 fully saturated rings. The Labute approximate surface area is 148 Å². The molecule has 1 aromatic carbocycles. The van der Waals surface area contributed by atoms with E-state index in [4.69, 9.17) is 11.6 Å². The van der Waals surface area contributed by atoms with Crippen molar-refractivity contribution in [2.24, 2.45) is 5.92 Å². The second-order valence-corrected chi connectivity index (χ2v) is 8.83. The van der Waals surface area contributed by atoms with Gasteiger partial charge in [0.1, 0.15) is 0 Å². The number of nitrogens with one attached hydrogen (secondary N) is 1. The lowest BCUT2D eigenvalue weighted by Crippen LogP contribution is -2.40. The Bertz CT molecular complexity index is 684. The second kappa shape index (κ2) is 7.42. The van der Waals surface area contributed by atoms with Crippen LogP contribution in [0.2, 0.25) is 5.02 Å². The number of carbonyl (C=O) groups excluding carboxylic acids is 1. The van der Waals surface area contributed by atoms with E-state index in [9.17, 15) is 13.2 Å². The molecule has 5 nitrogen and oxygen atoms in total. The molecule has 1 aliphatic carbocycles. The predicted octanol–water partition coefficient (Wildman–Crippen LogP) is 2.80. The van der Waals surface area contributed by atoms with Crippen molar-refractivity contribution < 1.29 is 13.2 Å². The molecular weight excluding hydrogens is 348 g/mol. The number of likely N-dealkylation sites (tertiary alicyclic amines) is 1. The minimum Gasteiger partial charge on any atom is -0.341 e. The molecule has 0 aromatic heterocycles. The zero-order valence-electron chi connectivity index (χ0n) is 13.6. The second-order valence-electron chi connectivity index (χ2n) is 6.68. The molecule has 0 bridgehead atoms. The van der Waals surface area contributed by atoms with Gasteiger partial charge in [-0.25, -0.2) is 13.1 Å². The minimum absolute atomic E-state index is 0.130. The first-order chi connectivity index (χ1) is 11.5. The maximum absolute atomic E-state index is 12.6. The van der Waals surface area contributed by atoms with Gasteiger partial charge in [-0.15, -0.1) is 0 Å². The fourth-order valence-corrected chi connectivity index (χ4v) is 4.95. The molecule has 1 aliphatic heterocycles. The summed E-state index contributed by atoms with van der Waals surface area (Å²) >= 11 is 5.80. The molecule has 2 aliphatic rings. The van der Waals surface area contributed by atoms with E-state index in [-0.39, 0.29) is 22.8 Å². The van der Waals surface area contributed by atoms with Crippen LogP contribution in [0.4, 0.5) is 0 Å². The molecule has 132 valence electrons. The van der Waals surface area contributed by atoms with E-state index in [1.807, 2.05) is 4.90 Å². The Morgan fingerprint density at radius 1 is 1.08 bits per heavy atom. The van der Waals surface area contributed by atoms with E-state index in [0.29, 0.717) is 24.5 Å². The molecule has 1 aromatic rings. The first kappa shape index (κ1) is 17.7. The van der Waals surface area contributed by atoms with Crippen LogP contribution >= 0.6 is 11.6 Å². The summed E-state index contributed by atoms with van der Waals surface area (Å²) in [5, 5.41) is 0.499. The highest BCUT2D eigenvalue weighted by Crippen LogP contribution is 2.27. The van der Waals surface area contributed by atoms with E-state index in [0.717, 1.165) is 25.7 Å². The third kappa shape index (κ3) is 4.10. The molecule has 0 radical (unpaired) electrons. The van der Waals surface area contributed by atoms with Crippen molar-refractivity contribution in [3.8, 4) is 0 Å². The summed E-state index contributed by atoms with van der Waals surface area (Å²) in [4.78, 5) is 14.6. The van der Waals surface area contributed by atoms with E-state index in [2.05, 4.69) is 4.72 Å². The SMILES string of the molecule is O=C(C1CCCCC1)N1CCC(NS(=O)(=O)c2ccc(Cl)cc2)C1. The molecule has 1 N–H and O–H groups in total. The molecule has 24 heavy (non-hydrogen) atoms. The topological polar surface area (TPSA) is 66.5 Å². The molecule has 1 saturated carbocycles. The number of benzene rings is 1. The van der Waals surface area contributed by atoms with Crippen molar-refractivity contribution in [2.75, 3.05) is 13.1 Å². The summed E-state index contributed by atoms with van der Waals surface area (Å²) in [6, 6.07) is 5.88. The Kier molecular flexibility index (Phi) is 5.47. The first-order valence-electron chi connectivity index (χ1n) is 8.52. The van der Waals surface area contributed by atoms with Crippen molar-refractivity contribution in [1.82, 2.24) is 9.62 Å². The lowest BCUT2D eigenvalue weighted by atomic mass is 9.88. The van der Waals surface area contributed by atoms with Crippen molar-refractivity contribution in [3.05, 3.63) is 29.3 Å². The van der Waals surface area contributed by atoms with Crippen LogP contribution in [-0.2, 0) is 14.8 Å². The van der Waals surface area contributed by atoms with E-state index < -0.39 is 10.0 Å². The number of amides is 1. The number of halogens is 1. The smallest absolute Gasteiger partial charge is 0.240 e. The van der Waals surface area contributed by atoms with Crippen LogP contribution in [0.15, 0.2) is 29.2 Å². The quantitative estimate of drug-likeness (QED) is 0.886. The molecule has 1 heterocycles. The zero-order valence-corrected chi connectivity index (χ0v) is 15.2. The summed E-state index contributed by atoms with van der Waals surface area (Å²) in [5.74, 6) is 0.327. The number of carbonyl (C=O) groups is 1. The van der Waals surface area contributed by atoms with E-state index >= 15 is 0 Å². The summed E-state index contributed by atoms with van der Waals surface area (Å²) < 4.78 is 27.6. The Morgan fingerprint density at radius 3 is 2.42 bits per heavy atom. The predicted molar refractivity (Wildman–Crippen MR) is 93.3 cm³/mol. The highest BCUT2D eigenvalue weighted by Gasteiger charge is 2.33. The van der Waals surface area contributed by atoms with Gasteiger partial charge in [-0.2, -0.15) is 0 Å². The molecule has 1 unspecified atom stereocenters. The summed E-state index contributed by atoms with van der Waals surface area (Å²) in [5.41, 5.74) is 0. The maximum Gasteiger partial charge on any atom is 0.240 e. The number of hydrogen-bond donors (Lipinski definition) is 1. The van der Waals surface area contributed by atoms with Crippen LogP contribution in [0.5, 0.6) is 0 Å². The van der Waals surface area contributed by atoms with Crippen molar-refractivity contribution in [2.45, 2.75) is 49.5 Å². The van der Waals surface area contributed by atoms with Gasteiger partial charge in [-0.05, 0) is 43.5 Å². The zero-order chi connectivity index (χ0) is 17.2. The third-order valence-corrected chi connectivity index (χ3v) is 6.69. The average Bonchev–Trinajstić information content (AvgIpc) is 3.03. The van der Waals surface area contributed by atoms with Crippen LogP contribution in [-0.4, -0.2) is 38.4 Å². The summed E-state index contributed by atoms with van der Waals surface area (Å²) in [6.07, 6.45) is 6.05. The molecule has 1 atom stereocenters.